The summed E-state index contributed by atoms with van der Waals surface area (Å²) < 4.78 is 0. The number of carbonyl (C=O) groups excluding carboxylic acids is 2. The number of fused-ring (bicyclic) bond motifs is 5. The molecule has 0 heterocycles. The van der Waals surface area contributed by atoms with Gasteiger partial charge in [-0.1, -0.05) is 20.8 Å². The van der Waals surface area contributed by atoms with Crippen molar-refractivity contribution in [2.24, 2.45) is 46.3 Å². The van der Waals surface area contributed by atoms with Gasteiger partial charge in [-0.05, 0) is 97.7 Å². The summed E-state index contributed by atoms with van der Waals surface area (Å²) in [6, 6.07) is 0. The van der Waals surface area contributed by atoms with Crippen molar-refractivity contribution in [1.82, 2.24) is 5.32 Å². The number of hydrogen-bond acceptors (Lipinski definition) is 6. The third kappa shape index (κ3) is 4.87. The summed E-state index contributed by atoms with van der Waals surface area (Å²) in [5, 5.41) is 46.1. The van der Waals surface area contributed by atoms with Crippen LogP contribution in [0.25, 0.3) is 0 Å². The Morgan fingerprint density at radius 2 is 1.76 bits per heavy atom. The molecule has 11 atom stereocenters. The predicted molar refractivity (Wildman–Crippen MR) is 120 cm³/mol. The molecule has 0 aromatic carbocycles. The van der Waals surface area contributed by atoms with Crippen LogP contribution in [0, 0.1) is 46.3 Å². The Labute approximate surface area is 225 Å². The molecule has 4 rings (SSSR count). The van der Waals surface area contributed by atoms with E-state index in [9.17, 15) is 30.0 Å². The molecule has 0 spiro atoms. The number of aliphatic hydroxyl groups is 3. The first-order chi connectivity index (χ1) is 15.5. The van der Waals surface area contributed by atoms with E-state index in [4.69, 9.17) is 0 Å². The first-order valence-electron chi connectivity index (χ1n) is 13.0. The van der Waals surface area contributed by atoms with Gasteiger partial charge in [0, 0.05) is 6.42 Å². The average molecular weight is 488 g/mol. The van der Waals surface area contributed by atoms with Gasteiger partial charge in [-0.2, -0.15) is 0 Å². The zero-order valence-electron chi connectivity index (χ0n) is 21.3. The summed E-state index contributed by atoms with van der Waals surface area (Å²) in [7, 11) is 0. The molecule has 34 heavy (non-hydrogen) atoms. The van der Waals surface area contributed by atoms with E-state index < -0.39 is 18.6 Å². The first-order valence-corrected chi connectivity index (χ1v) is 13.0. The molecule has 0 radical (unpaired) electrons. The monoisotopic (exact) mass is 487 g/mol. The molecule has 0 saturated heterocycles. The number of hydrogen-bond donors (Lipinski definition) is 4. The Morgan fingerprint density at radius 3 is 2.44 bits per heavy atom. The second-order valence-corrected chi connectivity index (χ2v) is 12.2. The zero-order valence-corrected chi connectivity index (χ0v) is 23.3. The van der Waals surface area contributed by atoms with Gasteiger partial charge in [-0.15, -0.1) is 0 Å². The Bertz CT molecular complexity index is 766. The van der Waals surface area contributed by atoms with Crippen LogP contribution in [0.3, 0.4) is 0 Å². The number of carbonyl (C=O) groups is 2. The molecular weight excluding hydrogens is 445 g/mol. The zero-order chi connectivity index (χ0) is 24.1. The molecule has 1 amide bonds. The van der Waals surface area contributed by atoms with Crippen LogP contribution in [0.15, 0.2) is 0 Å². The van der Waals surface area contributed by atoms with Crippen molar-refractivity contribution in [3.8, 4) is 0 Å². The van der Waals surface area contributed by atoms with Crippen LogP contribution in [0.2, 0.25) is 0 Å². The smallest absolute Gasteiger partial charge is 0.548 e. The summed E-state index contributed by atoms with van der Waals surface area (Å²) in [4.78, 5) is 22.6. The normalized spacial score (nSPS) is 46.3. The van der Waals surface area contributed by atoms with Gasteiger partial charge >= 0.3 is 29.6 Å². The number of amides is 1. The fraction of sp³-hybridized carbons (Fsp3) is 0.923. The van der Waals surface area contributed by atoms with Gasteiger partial charge < -0.3 is 30.5 Å². The maximum atomic E-state index is 12.0. The van der Waals surface area contributed by atoms with Crippen molar-refractivity contribution in [3.63, 3.8) is 0 Å². The Morgan fingerprint density at radius 1 is 1.06 bits per heavy atom. The molecule has 188 valence electrons. The van der Waals surface area contributed by atoms with Gasteiger partial charge in [0.1, 0.15) is 0 Å². The van der Waals surface area contributed by atoms with E-state index in [1.54, 1.807) is 0 Å². The molecule has 0 bridgehead atoms. The number of nitrogens with one attached hydrogen (secondary N) is 1. The van der Waals surface area contributed by atoms with E-state index in [0.29, 0.717) is 18.8 Å². The van der Waals surface area contributed by atoms with E-state index in [-0.39, 0.29) is 94.5 Å². The Hall–Kier alpha value is -0.180. The van der Waals surface area contributed by atoms with E-state index in [0.717, 1.165) is 38.5 Å². The molecule has 4 aliphatic carbocycles. The third-order valence-electron chi connectivity index (χ3n) is 10.8. The number of aliphatic carboxylic acids is 1. The molecule has 0 aromatic rings. The van der Waals surface area contributed by atoms with E-state index >= 15 is 0 Å². The fourth-order valence-corrected chi connectivity index (χ4v) is 8.95. The Kier molecular flexibility index (Phi) is 8.91. The SMILES string of the molecule is CC(CCC(=O)NCC(=O)[O-])C1CCC2C3C(O)CC4CC(O)CCC4(C)C3CC(O)C12C.[Na+]. The van der Waals surface area contributed by atoms with Crippen molar-refractivity contribution >= 4 is 11.9 Å². The molecule has 0 aliphatic heterocycles. The number of aliphatic hydroxyl groups excluding tert-OH is 3. The minimum absolute atomic E-state index is 0. The maximum absolute atomic E-state index is 12.0. The summed E-state index contributed by atoms with van der Waals surface area (Å²) in [5.74, 6) is -0.0789. The second kappa shape index (κ2) is 10.7. The number of carboxylic acids is 1. The largest absolute Gasteiger partial charge is 1.00 e. The van der Waals surface area contributed by atoms with Crippen molar-refractivity contribution < 1.29 is 59.6 Å². The summed E-state index contributed by atoms with van der Waals surface area (Å²) in [6.45, 7) is 6.21. The quantitative estimate of drug-likeness (QED) is 0.328. The van der Waals surface area contributed by atoms with E-state index in [1.807, 2.05) is 0 Å². The molecule has 4 aliphatic rings. The standard InChI is InChI=1S/C26H43NO6.Na/c1-14(4-7-22(31)27-13-23(32)33)17-5-6-18-24-19(12-21(30)26(17,18)3)25(2)9-8-16(28)10-15(25)11-20(24)29;/h14-21,24,28-30H,4-13H2,1-3H3,(H,27,31)(H,32,33);/q;+1/p-1. The number of rotatable bonds is 6. The van der Waals surface area contributed by atoms with E-state index in [2.05, 4.69) is 26.1 Å². The number of carboxylic acid groups (broad SMARTS) is 1. The van der Waals surface area contributed by atoms with Crippen LogP contribution in [0.5, 0.6) is 0 Å². The molecule has 11 unspecified atom stereocenters. The van der Waals surface area contributed by atoms with Crippen LogP contribution in [0.4, 0.5) is 0 Å². The van der Waals surface area contributed by atoms with Gasteiger partial charge in [0.2, 0.25) is 5.91 Å². The average Bonchev–Trinajstić information content (AvgIpc) is 3.11. The summed E-state index contributed by atoms with van der Waals surface area (Å²) >= 11 is 0. The first kappa shape index (κ1) is 28.4. The molecule has 4 saturated carbocycles. The summed E-state index contributed by atoms with van der Waals surface area (Å²) in [6.07, 6.45) is 5.75. The van der Waals surface area contributed by atoms with Gasteiger partial charge in [-0.25, -0.2) is 0 Å². The molecule has 4 fully saturated rings. The molecule has 8 heteroatoms. The van der Waals surface area contributed by atoms with Crippen molar-refractivity contribution in [2.45, 2.75) is 96.9 Å². The molecule has 7 nitrogen and oxygen atoms in total. The predicted octanol–water partition coefficient (Wildman–Crippen LogP) is -1.77. The fourth-order valence-electron chi connectivity index (χ4n) is 8.95. The minimum atomic E-state index is -1.29. The van der Waals surface area contributed by atoms with Crippen molar-refractivity contribution in [2.75, 3.05) is 6.54 Å². The Balaban J connectivity index is 0.00000324. The van der Waals surface area contributed by atoms with Gasteiger partial charge in [0.25, 0.3) is 0 Å². The van der Waals surface area contributed by atoms with Crippen LogP contribution in [0.1, 0.15) is 78.6 Å². The third-order valence-corrected chi connectivity index (χ3v) is 10.8. The van der Waals surface area contributed by atoms with Crippen LogP contribution in [-0.2, 0) is 9.59 Å². The van der Waals surface area contributed by atoms with Crippen LogP contribution >= 0.6 is 0 Å². The molecular formula is C26H42NNaO6. The minimum Gasteiger partial charge on any atom is -0.548 e. The maximum Gasteiger partial charge on any atom is 1.00 e. The molecule has 0 aromatic heterocycles. The van der Waals surface area contributed by atoms with Gasteiger partial charge in [0.05, 0.1) is 30.8 Å². The second-order valence-electron chi connectivity index (χ2n) is 12.2. The summed E-state index contributed by atoms with van der Waals surface area (Å²) in [5.41, 5.74) is -0.230. The van der Waals surface area contributed by atoms with E-state index in [1.165, 1.54) is 0 Å². The van der Waals surface area contributed by atoms with Crippen LogP contribution < -0.4 is 40.0 Å². The van der Waals surface area contributed by atoms with Crippen molar-refractivity contribution in [3.05, 3.63) is 0 Å². The van der Waals surface area contributed by atoms with Crippen molar-refractivity contribution in [1.29, 1.82) is 0 Å². The van der Waals surface area contributed by atoms with Crippen LogP contribution in [-0.4, -0.2) is 52.1 Å². The topological polar surface area (TPSA) is 130 Å². The molecule has 4 N–H and O–H groups in total. The van der Waals surface area contributed by atoms with Gasteiger partial charge in [-0.3, -0.25) is 4.79 Å². The van der Waals surface area contributed by atoms with Gasteiger partial charge in [0.15, 0.2) is 0 Å².